The molecule has 2 N–H and O–H groups in total. The summed E-state index contributed by atoms with van der Waals surface area (Å²) in [6.07, 6.45) is 3.10. The van der Waals surface area contributed by atoms with E-state index in [1.807, 2.05) is 6.07 Å². The first-order chi connectivity index (χ1) is 15.1. The van der Waals surface area contributed by atoms with Gasteiger partial charge in [0.25, 0.3) is 11.8 Å². The normalized spacial score (nSPS) is 14.3. The number of ether oxygens (including phenoxy) is 1. The van der Waals surface area contributed by atoms with Crippen LogP contribution in [-0.2, 0) is 6.61 Å². The molecule has 1 fully saturated rings. The van der Waals surface area contributed by atoms with E-state index in [0.717, 1.165) is 5.56 Å². The highest BCUT2D eigenvalue weighted by Gasteiger charge is 2.26. The van der Waals surface area contributed by atoms with Gasteiger partial charge in [-0.3, -0.25) is 9.59 Å². The van der Waals surface area contributed by atoms with Gasteiger partial charge in [0.15, 0.2) is 0 Å². The lowest BCUT2D eigenvalue weighted by atomic mass is 10.0. The molecule has 160 valence electrons. The van der Waals surface area contributed by atoms with Gasteiger partial charge in [-0.25, -0.2) is 4.39 Å². The second-order valence-electron chi connectivity index (χ2n) is 7.54. The number of carbonyl (C=O) groups is 2. The molecule has 2 amide bonds. The van der Waals surface area contributed by atoms with Gasteiger partial charge in [0.1, 0.15) is 23.9 Å². The van der Waals surface area contributed by atoms with Crippen LogP contribution in [0.3, 0.4) is 0 Å². The molecule has 2 heterocycles. The molecule has 1 aliphatic heterocycles. The number of aromatic nitrogens is 1. The molecule has 31 heavy (non-hydrogen) atoms. The number of para-hydroxylation sites is 1. The Morgan fingerprint density at radius 2 is 1.77 bits per heavy atom. The monoisotopic (exact) mass is 421 g/mol. The highest BCUT2D eigenvalue weighted by molar-refractivity contribution is 5.97. The average molecular weight is 421 g/mol. The maximum Gasteiger partial charge on any atom is 0.267 e. The fraction of sp³-hybridized carbons (Fsp3) is 0.250. The predicted octanol–water partition coefficient (Wildman–Crippen LogP) is 3.77. The summed E-state index contributed by atoms with van der Waals surface area (Å²) in [5.74, 6) is -0.0241. The number of halogens is 1. The van der Waals surface area contributed by atoms with E-state index >= 15 is 0 Å². The molecule has 0 bridgehead atoms. The molecular weight excluding hydrogens is 397 g/mol. The van der Waals surface area contributed by atoms with Crippen LogP contribution in [0.25, 0.3) is 0 Å². The fourth-order valence-electron chi connectivity index (χ4n) is 3.64. The van der Waals surface area contributed by atoms with Crippen molar-refractivity contribution in [1.82, 2.24) is 15.2 Å². The van der Waals surface area contributed by atoms with Gasteiger partial charge in [0, 0.05) is 25.3 Å². The van der Waals surface area contributed by atoms with Crippen molar-refractivity contribution in [3.8, 4) is 5.75 Å². The van der Waals surface area contributed by atoms with Crippen LogP contribution in [0, 0.1) is 5.82 Å². The van der Waals surface area contributed by atoms with Crippen LogP contribution in [0.2, 0.25) is 0 Å². The Balaban J connectivity index is 1.34. The molecule has 0 spiro atoms. The topological polar surface area (TPSA) is 74.4 Å². The number of nitrogens with one attached hydrogen (secondary N) is 2. The number of piperidine rings is 1. The second kappa shape index (κ2) is 9.47. The fourth-order valence-corrected chi connectivity index (χ4v) is 3.64. The van der Waals surface area contributed by atoms with E-state index in [0.29, 0.717) is 42.9 Å². The van der Waals surface area contributed by atoms with E-state index in [-0.39, 0.29) is 30.3 Å². The number of hydrogen-bond acceptors (Lipinski definition) is 3. The molecule has 1 aliphatic rings. The number of likely N-dealkylation sites (tertiary alicyclic amines) is 1. The molecule has 6 nitrogen and oxygen atoms in total. The van der Waals surface area contributed by atoms with Crippen LogP contribution in [0.15, 0.2) is 66.9 Å². The summed E-state index contributed by atoms with van der Waals surface area (Å²) < 4.78 is 18.9. The van der Waals surface area contributed by atoms with Crippen LogP contribution >= 0.6 is 0 Å². The number of H-pyrrole nitrogens is 1. The highest BCUT2D eigenvalue weighted by atomic mass is 19.1. The van der Waals surface area contributed by atoms with Gasteiger partial charge in [-0.15, -0.1) is 0 Å². The molecule has 2 aromatic carbocycles. The molecule has 0 saturated carbocycles. The number of aromatic amines is 1. The van der Waals surface area contributed by atoms with Crippen LogP contribution in [-0.4, -0.2) is 40.8 Å². The minimum Gasteiger partial charge on any atom is -0.488 e. The van der Waals surface area contributed by atoms with Gasteiger partial charge in [-0.1, -0.05) is 24.3 Å². The number of rotatable bonds is 6. The molecule has 0 unspecified atom stereocenters. The molecule has 4 rings (SSSR count). The zero-order valence-corrected chi connectivity index (χ0v) is 17.0. The molecular formula is C24H24FN3O3. The van der Waals surface area contributed by atoms with Crippen molar-refractivity contribution in [2.24, 2.45) is 0 Å². The van der Waals surface area contributed by atoms with Gasteiger partial charge in [-0.2, -0.15) is 0 Å². The Labute approximate surface area is 180 Å². The van der Waals surface area contributed by atoms with Gasteiger partial charge in [0.2, 0.25) is 0 Å². The van der Waals surface area contributed by atoms with Crippen molar-refractivity contribution in [2.45, 2.75) is 25.5 Å². The molecule has 1 aromatic heterocycles. The quantitative estimate of drug-likeness (QED) is 0.636. The summed E-state index contributed by atoms with van der Waals surface area (Å²) in [6, 6.07) is 16.8. The third-order valence-electron chi connectivity index (χ3n) is 5.39. The van der Waals surface area contributed by atoms with Crippen molar-refractivity contribution >= 4 is 11.8 Å². The highest BCUT2D eigenvalue weighted by Crippen LogP contribution is 2.23. The van der Waals surface area contributed by atoms with E-state index in [2.05, 4.69) is 10.3 Å². The van der Waals surface area contributed by atoms with Crippen molar-refractivity contribution in [1.29, 1.82) is 0 Å². The van der Waals surface area contributed by atoms with Crippen LogP contribution in [0.4, 0.5) is 4.39 Å². The molecule has 3 aromatic rings. The average Bonchev–Trinajstić information content (AvgIpc) is 3.34. The predicted molar refractivity (Wildman–Crippen MR) is 114 cm³/mol. The van der Waals surface area contributed by atoms with E-state index in [1.165, 1.54) is 12.1 Å². The third-order valence-corrected chi connectivity index (χ3v) is 5.39. The van der Waals surface area contributed by atoms with Crippen molar-refractivity contribution in [2.75, 3.05) is 13.1 Å². The Kier molecular flexibility index (Phi) is 6.31. The third kappa shape index (κ3) is 5.12. The van der Waals surface area contributed by atoms with E-state index in [1.54, 1.807) is 53.6 Å². The van der Waals surface area contributed by atoms with Gasteiger partial charge >= 0.3 is 0 Å². The Morgan fingerprint density at radius 3 is 2.48 bits per heavy atom. The maximum atomic E-state index is 13.1. The lowest BCUT2D eigenvalue weighted by molar-refractivity contribution is 0.0693. The lowest BCUT2D eigenvalue weighted by Gasteiger charge is -2.32. The molecule has 0 radical (unpaired) electrons. The Bertz CT molecular complexity index is 1030. The number of hydrogen-bond donors (Lipinski definition) is 2. The standard InChI is InChI=1S/C24H24FN3O3/c25-18-9-7-17(8-10-18)16-31-22-6-2-1-4-20(22)24(30)28-14-11-19(12-15-28)27-23(29)21-5-3-13-26-21/h1-10,13,19,26H,11-12,14-16H2,(H,27,29). The van der Waals surface area contributed by atoms with Crippen molar-refractivity contribution in [3.63, 3.8) is 0 Å². The smallest absolute Gasteiger partial charge is 0.267 e. The molecule has 7 heteroatoms. The first-order valence-electron chi connectivity index (χ1n) is 10.3. The minimum absolute atomic E-state index is 0.0322. The van der Waals surface area contributed by atoms with Gasteiger partial charge < -0.3 is 19.9 Å². The SMILES string of the molecule is O=C(NC1CCN(C(=O)c2ccccc2OCc2ccc(F)cc2)CC1)c1ccc[nH]1. The maximum absolute atomic E-state index is 13.1. The Hall–Kier alpha value is -3.61. The second-order valence-corrected chi connectivity index (χ2v) is 7.54. The summed E-state index contributed by atoms with van der Waals surface area (Å²) in [5, 5.41) is 3.01. The molecule has 1 saturated heterocycles. The van der Waals surface area contributed by atoms with Crippen LogP contribution in [0.5, 0.6) is 5.75 Å². The van der Waals surface area contributed by atoms with Crippen molar-refractivity contribution in [3.05, 3.63) is 89.5 Å². The zero-order chi connectivity index (χ0) is 21.6. The lowest BCUT2D eigenvalue weighted by Crippen LogP contribution is -2.46. The molecule has 0 aliphatic carbocycles. The zero-order valence-electron chi connectivity index (χ0n) is 17.0. The van der Waals surface area contributed by atoms with E-state index in [4.69, 9.17) is 4.74 Å². The van der Waals surface area contributed by atoms with E-state index in [9.17, 15) is 14.0 Å². The number of amides is 2. The van der Waals surface area contributed by atoms with Crippen molar-refractivity contribution < 1.29 is 18.7 Å². The number of benzene rings is 2. The first-order valence-corrected chi connectivity index (χ1v) is 10.3. The van der Waals surface area contributed by atoms with Crippen LogP contribution < -0.4 is 10.1 Å². The first kappa shape index (κ1) is 20.7. The molecule has 0 atom stereocenters. The number of carbonyl (C=O) groups excluding carboxylic acids is 2. The Morgan fingerprint density at radius 1 is 1.03 bits per heavy atom. The largest absolute Gasteiger partial charge is 0.488 e. The van der Waals surface area contributed by atoms with Crippen LogP contribution in [0.1, 0.15) is 39.3 Å². The minimum atomic E-state index is -0.299. The summed E-state index contributed by atoms with van der Waals surface area (Å²) in [7, 11) is 0. The van der Waals surface area contributed by atoms with E-state index < -0.39 is 0 Å². The summed E-state index contributed by atoms with van der Waals surface area (Å²) in [4.78, 5) is 30.0. The number of nitrogens with zero attached hydrogens (tertiary/aromatic N) is 1. The summed E-state index contributed by atoms with van der Waals surface area (Å²) in [5.41, 5.74) is 1.85. The summed E-state index contributed by atoms with van der Waals surface area (Å²) >= 11 is 0. The van der Waals surface area contributed by atoms with Gasteiger partial charge in [0.05, 0.1) is 5.56 Å². The van der Waals surface area contributed by atoms with Gasteiger partial charge in [-0.05, 0) is 54.8 Å². The summed E-state index contributed by atoms with van der Waals surface area (Å²) in [6.45, 7) is 1.36.